The van der Waals surface area contributed by atoms with E-state index in [4.69, 9.17) is 5.73 Å². The molecule has 2 unspecified atom stereocenters. The second kappa shape index (κ2) is 7.07. The third-order valence-corrected chi connectivity index (χ3v) is 3.92. The van der Waals surface area contributed by atoms with Crippen molar-refractivity contribution in [1.82, 2.24) is 14.7 Å². The maximum absolute atomic E-state index is 12.0. The van der Waals surface area contributed by atoms with Gasteiger partial charge in [0, 0.05) is 38.8 Å². The molecule has 1 fully saturated rings. The van der Waals surface area contributed by atoms with Crippen LogP contribution in [0.5, 0.6) is 0 Å². The molecule has 1 saturated heterocycles. The Morgan fingerprint density at radius 2 is 1.89 bits per heavy atom. The lowest BCUT2D eigenvalue weighted by Gasteiger charge is -2.42. The SMILES string of the molecule is CC1CN(CC(=O)N(C)CCCN)CC(C)N1C. The lowest BCUT2D eigenvalue weighted by Crippen LogP contribution is -2.56. The van der Waals surface area contributed by atoms with Crippen molar-refractivity contribution in [2.24, 2.45) is 5.73 Å². The van der Waals surface area contributed by atoms with Crippen molar-refractivity contribution in [3.8, 4) is 0 Å². The first kappa shape index (κ1) is 15.4. The Morgan fingerprint density at radius 1 is 1.33 bits per heavy atom. The third-order valence-electron chi connectivity index (χ3n) is 3.92. The maximum Gasteiger partial charge on any atom is 0.236 e. The predicted molar refractivity (Wildman–Crippen MR) is 74.4 cm³/mol. The largest absolute Gasteiger partial charge is 0.345 e. The number of piperazine rings is 1. The smallest absolute Gasteiger partial charge is 0.236 e. The average Bonchev–Trinajstić information content (AvgIpc) is 2.32. The van der Waals surface area contributed by atoms with E-state index < -0.39 is 0 Å². The van der Waals surface area contributed by atoms with Gasteiger partial charge in [0.15, 0.2) is 0 Å². The van der Waals surface area contributed by atoms with Gasteiger partial charge in [-0.3, -0.25) is 14.6 Å². The van der Waals surface area contributed by atoms with Crippen LogP contribution in [0.3, 0.4) is 0 Å². The Labute approximate surface area is 111 Å². The second-order valence-corrected chi connectivity index (χ2v) is 5.52. The number of hydrogen-bond acceptors (Lipinski definition) is 4. The Kier molecular flexibility index (Phi) is 6.05. The lowest BCUT2D eigenvalue weighted by atomic mass is 10.1. The molecule has 1 rings (SSSR count). The summed E-state index contributed by atoms with van der Waals surface area (Å²) >= 11 is 0. The summed E-state index contributed by atoms with van der Waals surface area (Å²) in [6.45, 7) is 8.29. The van der Waals surface area contributed by atoms with Gasteiger partial charge < -0.3 is 10.6 Å². The summed E-state index contributed by atoms with van der Waals surface area (Å²) in [4.78, 5) is 18.5. The van der Waals surface area contributed by atoms with Gasteiger partial charge in [-0.25, -0.2) is 0 Å². The van der Waals surface area contributed by atoms with Crippen molar-refractivity contribution in [2.45, 2.75) is 32.4 Å². The van der Waals surface area contributed by atoms with Crippen molar-refractivity contribution in [3.05, 3.63) is 0 Å². The van der Waals surface area contributed by atoms with Crippen molar-refractivity contribution >= 4 is 5.91 Å². The summed E-state index contributed by atoms with van der Waals surface area (Å²) in [7, 11) is 4.02. The molecule has 0 aromatic rings. The Hall–Kier alpha value is -0.650. The molecule has 0 aliphatic carbocycles. The molecule has 2 atom stereocenters. The van der Waals surface area contributed by atoms with E-state index in [0.29, 0.717) is 25.2 Å². The van der Waals surface area contributed by atoms with E-state index in [1.165, 1.54) is 0 Å². The van der Waals surface area contributed by atoms with E-state index in [1.54, 1.807) is 4.90 Å². The number of hydrogen-bond donors (Lipinski definition) is 1. The van der Waals surface area contributed by atoms with Crippen LogP contribution in [0, 0.1) is 0 Å². The number of nitrogens with two attached hydrogens (primary N) is 1. The molecule has 0 aromatic heterocycles. The van der Waals surface area contributed by atoms with Crippen LogP contribution in [0.25, 0.3) is 0 Å². The molecule has 1 heterocycles. The van der Waals surface area contributed by atoms with Gasteiger partial charge >= 0.3 is 0 Å². The van der Waals surface area contributed by atoms with Crippen molar-refractivity contribution < 1.29 is 4.79 Å². The van der Waals surface area contributed by atoms with Gasteiger partial charge in [0.05, 0.1) is 6.54 Å². The Bertz CT molecular complexity index is 260. The van der Waals surface area contributed by atoms with Crippen LogP contribution < -0.4 is 5.73 Å². The molecule has 5 nitrogen and oxygen atoms in total. The van der Waals surface area contributed by atoms with Gasteiger partial charge in [0.1, 0.15) is 0 Å². The summed E-state index contributed by atoms with van der Waals surface area (Å²) < 4.78 is 0. The highest BCUT2D eigenvalue weighted by Gasteiger charge is 2.27. The maximum atomic E-state index is 12.0. The Morgan fingerprint density at radius 3 is 2.39 bits per heavy atom. The fourth-order valence-corrected chi connectivity index (χ4v) is 2.41. The summed E-state index contributed by atoms with van der Waals surface area (Å²) in [5.41, 5.74) is 5.46. The number of amides is 1. The number of carbonyl (C=O) groups excluding carboxylic acids is 1. The molecular weight excluding hydrogens is 228 g/mol. The van der Waals surface area contributed by atoms with E-state index in [9.17, 15) is 4.79 Å². The van der Waals surface area contributed by atoms with Crippen LogP contribution in [0.1, 0.15) is 20.3 Å². The molecule has 5 heteroatoms. The topological polar surface area (TPSA) is 52.8 Å². The van der Waals surface area contributed by atoms with Crippen molar-refractivity contribution in [3.63, 3.8) is 0 Å². The molecule has 106 valence electrons. The molecule has 2 N–H and O–H groups in total. The molecule has 0 spiro atoms. The Balaban J connectivity index is 2.40. The molecule has 1 amide bonds. The number of rotatable bonds is 5. The fraction of sp³-hybridized carbons (Fsp3) is 0.923. The first-order chi connectivity index (χ1) is 8.45. The minimum absolute atomic E-state index is 0.201. The van der Waals surface area contributed by atoms with Crippen LogP contribution >= 0.6 is 0 Å². The van der Waals surface area contributed by atoms with E-state index in [-0.39, 0.29) is 5.91 Å². The molecule has 0 radical (unpaired) electrons. The zero-order chi connectivity index (χ0) is 13.7. The van der Waals surface area contributed by atoms with Crippen molar-refractivity contribution in [1.29, 1.82) is 0 Å². The van der Waals surface area contributed by atoms with Gasteiger partial charge in [-0.1, -0.05) is 0 Å². The fourth-order valence-electron chi connectivity index (χ4n) is 2.41. The van der Waals surface area contributed by atoms with Gasteiger partial charge in [-0.05, 0) is 33.9 Å². The van der Waals surface area contributed by atoms with E-state index in [0.717, 1.165) is 26.1 Å². The van der Waals surface area contributed by atoms with Gasteiger partial charge in [-0.15, -0.1) is 0 Å². The van der Waals surface area contributed by atoms with Gasteiger partial charge in [0.25, 0.3) is 0 Å². The monoisotopic (exact) mass is 256 g/mol. The summed E-state index contributed by atoms with van der Waals surface area (Å²) in [5.74, 6) is 0.201. The lowest BCUT2D eigenvalue weighted by molar-refractivity contribution is -0.132. The zero-order valence-corrected chi connectivity index (χ0v) is 12.2. The number of carbonyl (C=O) groups is 1. The number of nitrogens with zero attached hydrogens (tertiary/aromatic N) is 3. The quantitative estimate of drug-likeness (QED) is 0.741. The molecule has 1 aliphatic heterocycles. The van der Waals surface area contributed by atoms with Crippen LogP contribution in [0.4, 0.5) is 0 Å². The molecule has 0 bridgehead atoms. The van der Waals surface area contributed by atoms with E-state index in [2.05, 4.69) is 30.7 Å². The first-order valence-corrected chi connectivity index (χ1v) is 6.84. The highest BCUT2D eigenvalue weighted by Crippen LogP contribution is 2.13. The van der Waals surface area contributed by atoms with Crippen LogP contribution in [-0.4, -0.2) is 79.5 Å². The second-order valence-electron chi connectivity index (χ2n) is 5.52. The summed E-state index contributed by atoms with van der Waals surface area (Å²) in [6, 6.07) is 1.02. The van der Waals surface area contributed by atoms with Gasteiger partial charge in [0.2, 0.25) is 5.91 Å². The number of likely N-dealkylation sites (N-methyl/N-ethyl adjacent to an activating group) is 2. The first-order valence-electron chi connectivity index (χ1n) is 6.84. The van der Waals surface area contributed by atoms with Crippen LogP contribution in [0.2, 0.25) is 0 Å². The van der Waals surface area contributed by atoms with Crippen LogP contribution in [0.15, 0.2) is 0 Å². The molecule has 1 aliphatic rings. The van der Waals surface area contributed by atoms with Gasteiger partial charge in [-0.2, -0.15) is 0 Å². The summed E-state index contributed by atoms with van der Waals surface area (Å²) in [5, 5.41) is 0. The van der Waals surface area contributed by atoms with E-state index >= 15 is 0 Å². The zero-order valence-electron chi connectivity index (χ0n) is 12.2. The minimum Gasteiger partial charge on any atom is -0.345 e. The highest BCUT2D eigenvalue weighted by atomic mass is 16.2. The molecule has 0 saturated carbocycles. The molecule has 0 aromatic carbocycles. The normalized spacial score (nSPS) is 26.3. The third kappa shape index (κ3) is 4.23. The van der Waals surface area contributed by atoms with Crippen LogP contribution in [-0.2, 0) is 4.79 Å². The molecule has 18 heavy (non-hydrogen) atoms. The average molecular weight is 256 g/mol. The minimum atomic E-state index is 0.201. The van der Waals surface area contributed by atoms with E-state index in [1.807, 2.05) is 7.05 Å². The standard InChI is InChI=1S/C13H28N4O/c1-11-8-17(9-12(2)16(11)4)10-13(18)15(3)7-5-6-14/h11-12H,5-10,14H2,1-4H3. The van der Waals surface area contributed by atoms with Crippen molar-refractivity contribution in [2.75, 3.05) is 46.8 Å². The molecular formula is C13H28N4O. The predicted octanol–water partition coefficient (Wildman–Crippen LogP) is -0.182. The summed E-state index contributed by atoms with van der Waals surface area (Å²) in [6.07, 6.45) is 0.873. The highest BCUT2D eigenvalue weighted by molar-refractivity contribution is 5.78.